The molecule has 0 amide bonds. The Bertz CT molecular complexity index is 1250. The summed E-state index contributed by atoms with van der Waals surface area (Å²) in [6, 6.07) is 14.2. The molecule has 0 saturated heterocycles. The highest BCUT2D eigenvalue weighted by Crippen LogP contribution is 2.43. The molecule has 27 heavy (non-hydrogen) atoms. The van der Waals surface area contributed by atoms with Crippen LogP contribution in [0.25, 0.3) is 44.8 Å². The largest absolute Gasteiger partial charge is 0.361 e. The molecular formula is C21H14N6. The van der Waals surface area contributed by atoms with Gasteiger partial charge in [-0.05, 0) is 30.3 Å². The summed E-state index contributed by atoms with van der Waals surface area (Å²) < 4.78 is 0. The standard InChI is InChI=1S/C21H14N6/c1-3-13(12-7-10-23-16(12)5-1)21-26-18-14-6-9-22-11-17(14)25-20-15(19(18)27-21)4-2-8-24-20/h1-11,23H,(H,24,25)(H,26,27). The fourth-order valence-electron chi connectivity index (χ4n) is 3.72. The summed E-state index contributed by atoms with van der Waals surface area (Å²) in [6.45, 7) is 0. The van der Waals surface area contributed by atoms with Crippen molar-refractivity contribution in [2.75, 3.05) is 5.32 Å². The van der Waals surface area contributed by atoms with E-state index in [1.54, 1.807) is 12.4 Å². The van der Waals surface area contributed by atoms with Gasteiger partial charge in [0.05, 0.1) is 17.6 Å². The van der Waals surface area contributed by atoms with Gasteiger partial charge in [-0.15, -0.1) is 0 Å². The van der Waals surface area contributed by atoms with Crippen LogP contribution in [-0.4, -0.2) is 24.9 Å². The van der Waals surface area contributed by atoms with Gasteiger partial charge in [0, 0.05) is 46.2 Å². The molecule has 6 rings (SSSR count). The third-order valence-corrected chi connectivity index (χ3v) is 4.96. The monoisotopic (exact) mass is 350 g/mol. The van der Waals surface area contributed by atoms with Crippen LogP contribution in [0, 0.1) is 0 Å². The van der Waals surface area contributed by atoms with E-state index in [1.165, 1.54) is 0 Å². The van der Waals surface area contributed by atoms with Crippen LogP contribution < -0.4 is 5.32 Å². The Morgan fingerprint density at radius 2 is 1.81 bits per heavy atom. The molecule has 1 aliphatic heterocycles. The zero-order valence-corrected chi connectivity index (χ0v) is 14.2. The summed E-state index contributed by atoms with van der Waals surface area (Å²) in [5.74, 6) is 1.62. The topological polar surface area (TPSA) is 82.3 Å². The Hall–Kier alpha value is -3.93. The van der Waals surface area contributed by atoms with E-state index in [4.69, 9.17) is 4.98 Å². The number of hydrogen-bond acceptors (Lipinski definition) is 4. The molecule has 0 spiro atoms. The van der Waals surface area contributed by atoms with Gasteiger partial charge in [0.1, 0.15) is 17.3 Å². The Kier molecular flexibility index (Phi) is 2.79. The van der Waals surface area contributed by atoms with Gasteiger partial charge in [-0.2, -0.15) is 0 Å². The first-order valence-corrected chi connectivity index (χ1v) is 8.72. The van der Waals surface area contributed by atoms with Gasteiger partial charge in [-0.3, -0.25) is 4.98 Å². The summed E-state index contributed by atoms with van der Waals surface area (Å²) >= 11 is 0. The quantitative estimate of drug-likeness (QED) is 0.400. The number of H-pyrrole nitrogens is 2. The van der Waals surface area contributed by atoms with Crippen molar-refractivity contribution >= 4 is 22.4 Å². The average Bonchev–Trinajstić information content (AvgIpc) is 3.33. The average molecular weight is 350 g/mol. The highest BCUT2D eigenvalue weighted by molar-refractivity contribution is 5.98. The molecule has 5 heterocycles. The lowest BCUT2D eigenvalue weighted by molar-refractivity contribution is 1.26. The smallest absolute Gasteiger partial charge is 0.139 e. The lowest BCUT2D eigenvalue weighted by atomic mass is 10.1. The van der Waals surface area contributed by atoms with Crippen LogP contribution in [0.2, 0.25) is 0 Å². The van der Waals surface area contributed by atoms with Crippen molar-refractivity contribution in [2.24, 2.45) is 0 Å². The SMILES string of the molecule is c1cnc2c(c1)-c1nc(-c3cccc4[nH]ccc34)[nH]c1-c1ccncc1N2. The number of fused-ring (bicyclic) bond motifs is 6. The molecule has 6 heteroatoms. The second-order valence-corrected chi connectivity index (χ2v) is 6.50. The van der Waals surface area contributed by atoms with E-state index in [9.17, 15) is 0 Å². The zero-order valence-electron chi connectivity index (χ0n) is 14.2. The number of pyridine rings is 2. The Morgan fingerprint density at radius 3 is 2.81 bits per heavy atom. The highest BCUT2D eigenvalue weighted by atomic mass is 15.0. The fourth-order valence-corrected chi connectivity index (χ4v) is 3.72. The Morgan fingerprint density at radius 1 is 0.852 bits per heavy atom. The van der Waals surface area contributed by atoms with Gasteiger partial charge >= 0.3 is 0 Å². The van der Waals surface area contributed by atoms with Gasteiger partial charge in [0.2, 0.25) is 0 Å². The summed E-state index contributed by atoms with van der Waals surface area (Å²) in [6.07, 6.45) is 7.34. The second kappa shape index (κ2) is 5.28. The third-order valence-electron chi connectivity index (χ3n) is 4.96. The molecule has 5 aromatic rings. The number of rotatable bonds is 1. The number of nitrogens with one attached hydrogen (secondary N) is 3. The predicted octanol–water partition coefficient (Wildman–Crippen LogP) is 4.74. The molecule has 128 valence electrons. The summed E-state index contributed by atoms with van der Waals surface area (Å²) in [7, 11) is 0. The maximum atomic E-state index is 4.98. The van der Waals surface area contributed by atoms with Crippen LogP contribution in [0.1, 0.15) is 0 Å². The number of aromatic nitrogens is 5. The molecule has 0 bridgehead atoms. The molecule has 4 aromatic heterocycles. The summed E-state index contributed by atoms with van der Waals surface area (Å²) in [5, 5.41) is 4.52. The van der Waals surface area contributed by atoms with E-state index < -0.39 is 0 Å². The van der Waals surface area contributed by atoms with Gasteiger partial charge in [-0.25, -0.2) is 9.97 Å². The predicted molar refractivity (Wildman–Crippen MR) is 106 cm³/mol. The van der Waals surface area contributed by atoms with E-state index in [2.05, 4.69) is 43.5 Å². The lowest BCUT2D eigenvalue weighted by Gasteiger charge is -2.08. The summed E-state index contributed by atoms with van der Waals surface area (Å²) in [5.41, 5.74) is 6.91. The van der Waals surface area contributed by atoms with E-state index in [0.717, 1.165) is 56.3 Å². The Labute approximate surface area is 154 Å². The van der Waals surface area contributed by atoms with Gasteiger partial charge in [0.15, 0.2) is 0 Å². The number of imidazole rings is 1. The number of anilines is 2. The lowest BCUT2D eigenvalue weighted by Crippen LogP contribution is -1.95. The molecule has 0 fully saturated rings. The normalized spacial score (nSPS) is 12.0. The molecule has 0 unspecified atom stereocenters. The number of hydrogen-bond donors (Lipinski definition) is 3. The molecule has 1 aromatic carbocycles. The first-order valence-electron chi connectivity index (χ1n) is 8.72. The molecule has 0 radical (unpaired) electrons. The first kappa shape index (κ1) is 14.3. The zero-order chi connectivity index (χ0) is 17.8. The van der Waals surface area contributed by atoms with Crippen LogP contribution in [0.15, 0.2) is 67.3 Å². The van der Waals surface area contributed by atoms with Gasteiger partial charge < -0.3 is 15.3 Å². The molecule has 0 saturated carbocycles. The minimum absolute atomic E-state index is 0.781. The molecule has 0 atom stereocenters. The number of benzene rings is 1. The van der Waals surface area contributed by atoms with Crippen LogP contribution >= 0.6 is 0 Å². The van der Waals surface area contributed by atoms with Crippen LogP contribution in [-0.2, 0) is 0 Å². The summed E-state index contributed by atoms with van der Waals surface area (Å²) in [4.78, 5) is 20.6. The van der Waals surface area contributed by atoms with E-state index in [0.29, 0.717) is 0 Å². The van der Waals surface area contributed by atoms with Gasteiger partial charge in [-0.1, -0.05) is 12.1 Å². The number of aromatic amines is 2. The van der Waals surface area contributed by atoms with Crippen LogP contribution in [0.3, 0.4) is 0 Å². The maximum absolute atomic E-state index is 4.98. The highest BCUT2D eigenvalue weighted by Gasteiger charge is 2.24. The minimum Gasteiger partial charge on any atom is -0.361 e. The first-order chi connectivity index (χ1) is 13.4. The minimum atomic E-state index is 0.781. The van der Waals surface area contributed by atoms with E-state index in [-0.39, 0.29) is 0 Å². The fraction of sp³-hybridized carbons (Fsp3) is 0. The van der Waals surface area contributed by atoms with Crippen molar-refractivity contribution in [3.63, 3.8) is 0 Å². The molecule has 3 N–H and O–H groups in total. The molecule has 6 nitrogen and oxygen atoms in total. The van der Waals surface area contributed by atoms with Crippen molar-refractivity contribution in [3.05, 3.63) is 67.3 Å². The van der Waals surface area contributed by atoms with E-state index in [1.807, 2.05) is 36.7 Å². The third kappa shape index (κ3) is 2.04. The van der Waals surface area contributed by atoms with Crippen molar-refractivity contribution < 1.29 is 0 Å². The van der Waals surface area contributed by atoms with Crippen molar-refractivity contribution in [1.82, 2.24) is 24.9 Å². The van der Waals surface area contributed by atoms with Crippen molar-refractivity contribution in [2.45, 2.75) is 0 Å². The van der Waals surface area contributed by atoms with Crippen molar-refractivity contribution in [3.8, 4) is 33.9 Å². The van der Waals surface area contributed by atoms with E-state index >= 15 is 0 Å². The second-order valence-electron chi connectivity index (χ2n) is 6.50. The molecule has 1 aliphatic rings. The maximum Gasteiger partial charge on any atom is 0.139 e. The van der Waals surface area contributed by atoms with Crippen molar-refractivity contribution in [1.29, 1.82) is 0 Å². The van der Waals surface area contributed by atoms with Crippen LogP contribution in [0.5, 0.6) is 0 Å². The van der Waals surface area contributed by atoms with Gasteiger partial charge in [0.25, 0.3) is 0 Å². The Balaban J connectivity index is 1.67. The number of nitrogens with zero attached hydrogens (tertiary/aromatic N) is 3. The molecular weight excluding hydrogens is 336 g/mol. The molecule has 0 aliphatic carbocycles. The van der Waals surface area contributed by atoms with Crippen LogP contribution in [0.4, 0.5) is 11.5 Å².